The second kappa shape index (κ2) is 9.12. The van der Waals surface area contributed by atoms with Crippen LogP contribution in [-0.4, -0.2) is 55.9 Å². The van der Waals surface area contributed by atoms with Gasteiger partial charge in [-0.1, -0.05) is 12.1 Å². The number of nitrogens with one attached hydrogen (secondary N) is 1. The standard InChI is InChI=1S/C19H23N5O2.HI/c1-20-19(22-13-15-5-6-16-17(12-15)26-14-25-16)24-10-8-23(9-11-24)18-4-2-3-7-21-18;/h2-7,12H,8-11,13-14H2,1H3,(H,20,22);1H. The third-order valence-corrected chi connectivity index (χ3v) is 4.65. The average Bonchev–Trinajstić information content (AvgIpc) is 3.17. The molecule has 2 aromatic rings. The number of rotatable bonds is 3. The van der Waals surface area contributed by atoms with Crippen LogP contribution >= 0.6 is 24.0 Å². The van der Waals surface area contributed by atoms with Crippen LogP contribution in [0.15, 0.2) is 47.6 Å². The van der Waals surface area contributed by atoms with Crippen molar-refractivity contribution in [3.63, 3.8) is 0 Å². The van der Waals surface area contributed by atoms with E-state index in [4.69, 9.17) is 9.47 Å². The summed E-state index contributed by atoms with van der Waals surface area (Å²) in [6.07, 6.45) is 1.84. The molecular formula is C19H24IN5O2. The van der Waals surface area contributed by atoms with Gasteiger partial charge in [-0.3, -0.25) is 4.99 Å². The van der Waals surface area contributed by atoms with E-state index in [1.165, 1.54) is 0 Å². The minimum atomic E-state index is 0. The highest BCUT2D eigenvalue weighted by Crippen LogP contribution is 2.32. The molecule has 3 heterocycles. The van der Waals surface area contributed by atoms with E-state index < -0.39 is 0 Å². The summed E-state index contributed by atoms with van der Waals surface area (Å²) >= 11 is 0. The normalized spacial score (nSPS) is 16.1. The fourth-order valence-electron chi connectivity index (χ4n) is 3.25. The maximum atomic E-state index is 5.44. The molecule has 1 aromatic heterocycles. The predicted octanol–water partition coefficient (Wildman–Crippen LogP) is 2.33. The zero-order chi connectivity index (χ0) is 17.8. The average molecular weight is 481 g/mol. The van der Waals surface area contributed by atoms with E-state index in [0.717, 1.165) is 55.0 Å². The summed E-state index contributed by atoms with van der Waals surface area (Å²) in [7, 11) is 1.83. The van der Waals surface area contributed by atoms with Gasteiger partial charge >= 0.3 is 0 Å². The van der Waals surface area contributed by atoms with Gasteiger partial charge in [0.25, 0.3) is 0 Å². The van der Waals surface area contributed by atoms with Gasteiger partial charge in [0.15, 0.2) is 17.5 Å². The number of hydrogen-bond acceptors (Lipinski definition) is 5. The number of hydrogen-bond donors (Lipinski definition) is 1. The first-order valence-corrected chi connectivity index (χ1v) is 8.83. The molecule has 0 aliphatic carbocycles. The highest BCUT2D eigenvalue weighted by Gasteiger charge is 2.20. The maximum Gasteiger partial charge on any atom is 0.231 e. The first-order valence-electron chi connectivity index (χ1n) is 8.83. The molecule has 8 heteroatoms. The van der Waals surface area contributed by atoms with Crippen LogP contribution in [0.5, 0.6) is 11.5 Å². The van der Waals surface area contributed by atoms with E-state index in [1.807, 2.05) is 43.6 Å². The van der Waals surface area contributed by atoms with Crippen molar-refractivity contribution >= 4 is 35.8 Å². The Morgan fingerprint density at radius 2 is 1.93 bits per heavy atom. The Bertz CT molecular complexity index is 779. The predicted molar refractivity (Wildman–Crippen MR) is 116 cm³/mol. The zero-order valence-corrected chi connectivity index (χ0v) is 17.6. The monoisotopic (exact) mass is 481 g/mol. The molecule has 0 unspecified atom stereocenters. The van der Waals surface area contributed by atoms with Gasteiger partial charge in [0.1, 0.15) is 5.82 Å². The number of benzene rings is 1. The van der Waals surface area contributed by atoms with Crippen LogP contribution in [0.4, 0.5) is 5.82 Å². The van der Waals surface area contributed by atoms with Crippen LogP contribution < -0.4 is 19.7 Å². The molecule has 2 aliphatic heterocycles. The lowest BCUT2D eigenvalue weighted by atomic mass is 10.2. The van der Waals surface area contributed by atoms with E-state index in [9.17, 15) is 0 Å². The molecule has 1 aromatic carbocycles. The maximum absolute atomic E-state index is 5.44. The summed E-state index contributed by atoms with van der Waals surface area (Å²) in [5.74, 6) is 3.57. The number of piperazine rings is 1. The van der Waals surface area contributed by atoms with Crippen LogP contribution in [-0.2, 0) is 6.54 Å². The van der Waals surface area contributed by atoms with Crippen molar-refractivity contribution in [1.29, 1.82) is 0 Å². The molecule has 0 atom stereocenters. The second-order valence-corrected chi connectivity index (χ2v) is 6.25. The fourth-order valence-corrected chi connectivity index (χ4v) is 3.25. The number of nitrogens with zero attached hydrogens (tertiary/aromatic N) is 4. The third-order valence-electron chi connectivity index (χ3n) is 4.65. The summed E-state index contributed by atoms with van der Waals surface area (Å²) in [5, 5.41) is 3.45. The Morgan fingerprint density at radius 3 is 2.67 bits per heavy atom. The van der Waals surface area contributed by atoms with Crippen molar-refractivity contribution in [3.8, 4) is 11.5 Å². The van der Waals surface area contributed by atoms with Crippen LogP contribution in [0.1, 0.15) is 5.56 Å². The number of ether oxygens (including phenoxy) is 2. The van der Waals surface area contributed by atoms with Crippen molar-refractivity contribution in [2.75, 3.05) is 44.9 Å². The van der Waals surface area contributed by atoms with Gasteiger partial charge in [-0.2, -0.15) is 0 Å². The van der Waals surface area contributed by atoms with Gasteiger partial charge in [-0.25, -0.2) is 4.98 Å². The first-order chi connectivity index (χ1) is 12.8. The number of anilines is 1. The van der Waals surface area contributed by atoms with E-state index in [1.54, 1.807) is 0 Å². The van der Waals surface area contributed by atoms with Gasteiger partial charge < -0.3 is 24.6 Å². The largest absolute Gasteiger partial charge is 0.454 e. The molecule has 1 fully saturated rings. The summed E-state index contributed by atoms with van der Waals surface area (Å²) in [4.78, 5) is 13.5. The van der Waals surface area contributed by atoms with Crippen LogP contribution in [0.25, 0.3) is 0 Å². The molecule has 27 heavy (non-hydrogen) atoms. The van der Waals surface area contributed by atoms with Crippen molar-refractivity contribution in [2.24, 2.45) is 4.99 Å². The molecule has 0 spiro atoms. The Hall–Kier alpha value is -2.23. The minimum absolute atomic E-state index is 0. The van der Waals surface area contributed by atoms with Gasteiger partial charge in [0, 0.05) is 46.0 Å². The van der Waals surface area contributed by atoms with Crippen LogP contribution in [0.3, 0.4) is 0 Å². The van der Waals surface area contributed by atoms with Crippen LogP contribution in [0, 0.1) is 0 Å². The lowest BCUT2D eigenvalue weighted by Gasteiger charge is -2.37. The van der Waals surface area contributed by atoms with Gasteiger partial charge in [0.05, 0.1) is 0 Å². The van der Waals surface area contributed by atoms with Crippen molar-refractivity contribution < 1.29 is 9.47 Å². The summed E-state index contributed by atoms with van der Waals surface area (Å²) in [6.45, 7) is 4.69. The third kappa shape index (κ3) is 4.55. The van der Waals surface area contributed by atoms with E-state index in [2.05, 4.69) is 31.2 Å². The highest BCUT2D eigenvalue weighted by atomic mass is 127. The smallest absolute Gasteiger partial charge is 0.231 e. The van der Waals surface area contributed by atoms with Gasteiger partial charge in [-0.05, 0) is 29.8 Å². The topological polar surface area (TPSA) is 62.2 Å². The van der Waals surface area contributed by atoms with Crippen molar-refractivity contribution in [2.45, 2.75) is 6.54 Å². The Balaban J connectivity index is 0.00000210. The SMILES string of the molecule is CN=C(NCc1ccc2c(c1)OCO2)N1CCN(c2ccccn2)CC1.I. The molecule has 0 radical (unpaired) electrons. The molecule has 144 valence electrons. The molecule has 1 saturated heterocycles. The highest BCUT2D eigenvalue weighted by molar-refractivity contribution is 14.0. The number of fused-ring (bicyclic) bond motifs is 1. The number of aromatic nitrogens is 1. The fraction of sp³-hybridized carbons (Fsp3) is 0.368. The Labute approximate surface area is 176 Å². The van der Waals surface area contributed by atoms with Gasteiger partial charge in [0.2, 0.25) is 6.79 Å². The second-order valence-electron chi connectivity index (χ2n) is 6.25. The molecule has 0 amide bonds. The Kier molecular flexibility index (Phi) is 6.59. The van der Waals surface area contributed by atoms with Gasteiger partial charge in [-0.15, -0.1) is 24.0 Å². The summed E-state index contributed by atoms with van der Waals surface area (Å²) in [6, 6.07) is 12.0. The molecule has 0 bridgehead atoms. The van der Waals surface area contributed by atoms with Crippen molar-refractivity contribution in [3.05, 3.63) is 48.2 Å². The van der Waals surface area contributed by atoms with Crippen LogP contribution in [0.2, 0.25) is 0 Å². The zero-order valence-electron chi connectivity index (χ0n) is 15.3. The molecule has 4 rings (SSSR count). The Morgan fingerprint density at radius 1 is 1.11 bits per heavy atom. The number of guanidine groups is 1. The summed E-state index contributed by atoms with van der Waals surface area (Å²) in [5.41, 5.74) is 1.14. The molecule has 7 nitrogen and oxygen atoms in total. The molecule has 2 aliphatic rings. The van der Waals surface area contributed by atoms with E-state index in [-0.39, 0.29) is 24.0 Å². The lowest BCUT2D eigenvalue weighted by molar-refractivity contribution is 0.174. The first kappa shape index (κ1) is 19.5. The molecular weight excluding hydrogens is 457 g/mol. The molecule has 1 N–H and O–H groups in total. The number of pyridine rings is 1. The number of aliphatic imine (C=N–C) groups is 1. The van der Waals surface area contributed by atoms with E-state index >= 15 is 0 Å². The quantitative estimate of drug-likeness (QED) is 0.413. The van der Waals surface area contributed by atoms with E-state index in [0.29, 0.717) is 13.3 Å². The number of halogens is 1. The lowest BCUT2D eigenvalue weighted by Crippen LogP contribution is -2.52. The summed E-state index contributed by atoms with van der Waals surface area (Å²) < 4.78 is 10.8. The minimum Gasteiger partial charge on any atom is -0.454 e. The van der Waals surface area contributed by atoms with Crippen molar-refractivity contribution in [1.82, 2.24) is 15.2 Å². The molecule has 0 saturated carbocycles.